The number of hydrogen-bond acceptors (Lipinski definition) is 3. The van der Waals surface area contributed by atoms with Crippen molar-refractivity contribution in [3.8, 4) is 0 Å². The van der Waals surface area contributed by atoms with E-state index in [0.717, 1.165) is 48.9 Å². The van der Waals surface area contributed by atoms with Crippen molar-refractivity contribution in [2.24, 2.45) is 46.3 Å². The topological polar surface area (TPSA) is 46.5 Å². The summed E-state index contributed by atoms with van der Waals surface area (Å²) in [7, 11) is 1.50. The largest absolute Gasteiger partial charge is 0.469 e. The van der Waals surface area contributed by atoms with E-state index in [1.165, 1.54) is 52.1 Å². The minimum Gasteiger partial charge on any atom is -0.469 e. The first-order chi connectivity index (χ1) is 13.3. The summed E-state index contributed by atoms with van der Waals surface area (Å²) < 4.78 is 4.88. The summed E-state index contributed by atoms with van der Waals surface area (Å²) in [5.74, 6) is 4.72. The zero-order valence-electron chi connectivity index (χ0n) is 18.6. The molecule has 0 radical (unpaired) electrons. The molecule has 3 nitrogen and oxygen atoms in total. The fraction of sp³-hybridized carbons (Fsp3) is 0.960. The van der Waals surface area contributed by atoms with Crippen molar-refractivity contribution in [1.82, 2.24) is 0 Å². The average Bonchev–Trinajstić information content (AvgIpc) is 3.03. The monoisotopic (exact) mass is 390 g/mol. The summed E-state index contributed by atoms with van der Waals surface area (Å²) in [5.41, 5.74) is 0.937. The summed E-state index contributed by atoms with van der Waals surface area (Å²) >= 11 is 0. The second-order valence-electron chi connectivity index (χ2n) is 11.4. The van der Waals surface area contributed by atoms with Crippen LogP contribution in [0.1, 0.15) is 91.4 Å². The van der Waals surface area contributed by atoms with E-state index >= 15 is 0 Å². The Bertz CT molecular complexity index is 588. The SMILES string of the molecule is COC(=O)CCC(C)C1CCC2C3CC[C@@H]4C[C@H](O)CC[C@]4(C)C3CC[C@]12C. The molecule has 0 aromatic heterocycles. The van der Waals surface area contributed by atoms with Crippen LogP contribution >= 0.6 is 0 Å². The number of aliphatic hydroxyl groups excluding tert-OH is 1. The quantitative estimate of drug-likeness (QED) is 0.636. The summed E-state index contributed by atoms with van der Waals surface area (Å²) in [6.07, 6.45) is 13.1. The summed E-state index contributed by atoms with van der Waals surface area (Å²) in [5, 5.41) is 10.2. The number of rotatable bonds is 4. The van der Waals surface area contributed by atoms with Gasteiger partial charge in [0, 0.05) is 6.42 Å². The van der Waals surface area contributed by atoms with Crippen LogP contribution in [0.2, 0.25) is 0 Å². The molecule has 28 heavy (non-hydrogen) atoms. The van der Waals surface area contributed by atoms with E-state index in [2.05, 4.69) is 20.8 Å². The molecule has 0 amide bonds. The molecule has 0 heterocycles. The fourth-order valence-corrected chi connectivity index (χ4v) is 8.86. The Labute approximate surface area is 172 Å². The van der Waals surface area contributed by atoms with Crippen LogP contribution in [0.5, 0.6) is 0 Å². The highest BCUT2D eigenvalue weighted by atomic mass is 16.5. The first-order valence-corrected chi connectivity index (χ1v) is 12.0. The van der Waals surface area contributed by atoms with Crippen LogP contribution in [0.15, 0.2) is 0 Å². The summed E-state index contributed by atoms with van der Waals surface area (Å²) in [4.78, 5) is 11.6. The Morgan fingerprint density at radius 1 is 1.04 bits per heavy atom. The molecule has 4 saturated carbocycles. The van der Waals surface area contributed by atoms with Crippen molar-refractivity contribution in [3.05, 3.63) is 0 Å². The van der Waals surface area contributed by atoms with Gasteiger partial charge in [0.1, 0.15) is 0 Å². The van der Waals surface area contributed by atoms with E-state index in [9.17, 15) is 9.90 Å². The maximum absolute atomic E-state index is 11.6. The minimum atomic E-state index is -0.0546. The Morgan fingerprint density at radius 2 is 1.75 bits per heavy atom. The van der Waals surface area contributed by atoms with E-state index in [0.29, 0.717) is 23.2 Å². The van der Waals surface area contributed by atoms with Crippen LogP contribution in [-0.4, -0.2) is 24.3 Å². The lowest BCUT2D eigenvalue weighted by Crippen LogP contribution is -2.54. The van der Waals surface area contributed by atoms with Crippen molar-refractivity contribution in [3.63, 3.8) is 0 Å². The van der Waals surface area contributed by atoms with Gasteiger partial charge in [0.25, 0.3) is 0 Å². The maximum atomic E-state index is 11.6. The smallest absolute Gasteiger partial charge is 0.305 e. The summed E-state index contributed by atoms with van der Waals surface area (Å²) in [6.45, 7) is 7.56. The lowest BCUT2D eigenvalue weighted by Gasteiger charge is -2.61. The second-order valence-corrected chi connectivity index (χ2v) is 11.4. The molecule has 0 aromatic carbocycles. The molecule has 3 heteroatoms. The molecule has 4 aliphatic rings. The molecule has 0 bridgehead atoms. The Hall–Kier alpha value is -0.570. The molecule has 0 aliphatic heterocycles. The number of hydrogen-bond donors (Lipinski definition) is 1. The van der Waals surface area contributed by atoms with E-state index in [-0.39, 0.29) is 12.1 Å². The van der Waals surface area contributed by atoms with Gasteiger partial charge in [0.15, 0.2) is 0 Å². The molecule has 4 fully saturated rings. The van der Waals surface area contributed by atoms with E-state index in [4.69, 9.17) is 4.74 Å². The minimum absolute atomic E-state index is 0.0463. The summed E-state index contributed by atoms with van der Waals surface area (Å²) in [6, 6.07) is 0. The first kappa shape index (κ1) is 20.7. The van der Waals surface area contributed by atoms with Crippen molar-refractivity contribution >= 4 is 5.97 Å². The molecule has 0 aromatic rings. The Morgan fingerprint density at radius 3 is 2.50 bits per heavy atom. The first-order valence-electron chi connectivity index (χ1n) is 12.0. The Balaban J connectivity index is 1.48. The molecule has 5 unspecified atom stereocenters. The number of methoxy groups -OCH3 is 1. The van der Waals surface area contributed by atoms with Crippen LogP contribution in [0.3, 0.4) is 0 Å². The van der Waals surface area contributed by atoms with Gasteiger partial charge >= 0.3 is 5.97 Å². The van der Waals surface area contributed by atoms with E-state index in [1.807, 2.05) is 0 Å². The van der Waals surface area contributed by atoms with Crippen LogP contribution < -0.4 is 0 Å². The standard InChI is InChI=1S/C25H42O3/c1-16(5-10-23(27)28-4)20-8-9-21-19-7-6-17-15-18(26)11-13-24(17,2)22(19)12-14-25(20,21)3/h16-22,26H,5-15H2,1-4H3/t16?,17-,18-,19?,20?,21?,22?,24+,25-/m1/s1. The molecule has 1 N–H and O–H groups in total. The average molecular weight is 391 g/mol. The van der Waals surface area contributed by atoms with Gasteiger partial charge in [0.2, 0.25) is 0 Å². The number of carbonyl (C=O) groups is 1. The number of ether oxygens (including phenoxy) is 1. The predicted octanol–water partition coefficient (Wildman–Crippen LogP) is 5.60. The van der Waals surface area contributed by atoms with E-state index < -0.39 is 0 Å². The predicted molar refractivity (Wildman–Crippen MR) is 112 cm³/mol. The molecule has 0 spiro atoms. The normalized spacial score (nSPS) is 48.9. The number of carbonyl (C=O) groups excluding carboxylic acids is 1. The highest BCUT2D eigenvalue weighted by Gasteiger charge is 2.60. The van der Waals surface area contributed by atoms with Gasteiger partial charge < -0.3 is 9.84 Å². The van der Waals surface area contributed by atoms with Gasteiger partial charge in [-0.3, -0.25) is 4.79 Å². The van der Waals surface area contributed by atoms with Gasteiger partial charge in [-0.1, -0.05) is 20.8 Å². The lowest BCUT2D eigenvalue weighted by molar-refractivity contribution is -0.141. The third-order valence-electron chi connectivity index (χ3n) is 10.4. The second kappa shape index (κ2) is 7.60. The molecule has 9 atom stereocenters. The van der Waals surface area contributed by atoms with E-state index in [1.54, 1.807) is 0 Å². The lowest BCUT2D eigenvalue weighted by atomic mass is 9.44. The highest BCUT2D eigenvalue weighted by Crippen LogP contribution is 2.68. The van der Waals surface area contributed by atoms with Crippen molar-refractivity contribution < 1.29 is 14.6 Å². The molecular weight excluding hydrogens is 348 g/mol. The van der Waals surface area contributed by atoms with Gasteiger partial charge in [-0.05, 0) is 111 Å². The third kappa shape index (κ3) is 3.24. The molecular formula is C25H42O3. The van der Waals surface area contributed by atoms with Crippen LogP contribution in [-0.2, 0) is 9.53 Å². The molecule has 4 aliphatic carbocycles. The number of aliphatic hydroxyl groups is 1. The van der Waals surface area contributed by atoms with Crippen LogP contribution in [0.4, 0.5) is 0 Å². The zero-order chi connectivity index (χ0) is 20.1. The van der Waals surface area contributed by atoms with Crippen molar-refractivity contribution in [2.45, 2.75) is 97.5 Å². The number of fused-ring (bicyclic) bond motifs is 5. The molecule has 4 rings (SSSR count). The van der Waals surface area contributed by atoms with Gasteiger partial charge in [0.05, 0.1) is 13.2 Å². The zero-order valence-corrected chi connectivity index (χ0v) is 18.6. The van der Waals surface area contributed by atoms with Crippen molar-refractivity contribution in [2.75, 3.05) is 7.11 Å². The van der Waals surface area contributed by atoms with Gasteiger partial charge in [-0.2, -0.15) is 0 Å². The van der Waals surface area contributed by atoms with Gasteiger partial charge in [-0.15, -0.1) is 0 Å². The fourth-order valence-electron chi connectivity index (χ4n) is 8.86. The Kier molecular flexibility index (Phi) is 5.61. The van der Waals surface area contributed by atoms with Crippen LogP contribution in [0, 0.1) is 46.3 Å². The third-order valence-corrected chi connectivity index (χ3v) is 10.4. The molecule has 0 saturated heterocycles. The van der Waals surface area contributed by atoms with Gasteiger partial charge in [-0.25, -0.2) is 0 Å². The number of esters is 1. The van der Waals surface area contributed by atoms with Crippen LogP contribution in [0.25, 0.3) is 0 Å². The maximum Gasteiger partial charge on any atom is 0.305 e. The van der Waals surface area contributed by atoms with Crippen molar-refractivity contribution in [1.29, 1.82) is 0 Å². The molecule has 160 valence electrons. The highest BCUT2D eigenvalue weighted by molar-refractivity contribution is 5.69.